The molecule has 2 fully saturated rings. The SMILES string of the molecule is CC(C)(C)C=NCC1(C(=O)O)CN(C2CC2)c2c(cc(F)c(N3CCC3)c2F)C1=O. The third-order valence-corrected chi connectivity index (χ3v) is 5.98. The number of carbonyl (C=O) groups excluding carboxylic acids is 1. The molecular weight excluding hydrogens is 392 g/mol. The molecule has 0 bridgehead atoms. The van der Waals surface area contributed by atoms with Crippen LogP contribution in [0.3, 0.4) is 0 Å². The van der Waals surface area contributed by atoms with Crippen LogP contribution in [0.15, 0.2) is 11.1 Å². The standard InChI is InChI=1S/C22H27F2N3O3/c1-21(2,3)10-25-11-22(20(29)30)12-27(13-5-6-13)17-14(19(22)28)9-15(23)18(16(17)24)26-7-4-8-26/h9-10,13H,4-8,11-12H2,1-3H3,(H,29,30). The second-order valence-corrected chi connectivity index (χ2v) is 9.67. The normalized spacial score (nSPS) is 24.2. The van der Waals surface area contributed by atoms with Crippen LogP contribution in [-0.2, 0) is 4.79 Å². The Bertz CT molecular complexity index is 933. The maximum Gasteiger partial charge on any atom is 0.321 e. The van der Waals surface area contributed by atoms with Gasteiger partial charge in [0.1, 0.15) is 11.5 Å². The Morgan fingerprint density at radius 2 is 1.97 bits per heavy atom. The number of benzene rings is 1. The van der Waals surface area contributed by atoms with Crippen LogP contribution >= 0.6 is 0 Å². The molecule has 1 saturated heterocycles. The van der Waals surface area contributed by atoms with E-state index < -0.39 is 28.8 Å². The summed E-state index contributed by atoms with van der Waals surface area (Å²) in [5.41, 5.74) is -2.42. The minimum Gasteiger partial charge on any atom is -0.480 e. The van der Waals surface area contributed by atoms with Crippen molar-refractivity contribution in [2.24, 2.45) is 15.8 Å². The topological polar surface area (TPSA) is 73.2 Å². The smallest absolute Gasteiger partial charge is 0.321 e. The van der Waals surface area contributed by atoms with Crippen LogP contribution in [0.1, 0.15) is 50.4 Å². The molecule has 162 valence electrons. The molecule has 0 aromatic heterocycles. The summed E-state index contributed by atoms with van der Waals surface area (Å²) in [5.74, 6) is -3.68. The lowest BCUT2D eigenvalue weighted by molar-refractivity contribution is -0.145. The molecular formula is C22H27F2N3O3. The number of aliphatic imine (C=N–C) groups is 1. The second kappa shape index (κ2) is 7.03. The molecule has 0 spiro atoms. The Morgan fingerprint density at radius 3 is 2.47 bits per heavy atom. The van der Waals surface area contributed by atoms with Crippen LogP contribution in [0.2, 0.25) is 0 Å². The van der Waals surface area contributed by atoms with Gasteiger partial charge in [0, 0.05) is 37.5 Å². The van der Waals surface area contributed by atoms with Gasteiger partial charge in [-0.3, -0.25) is 14.6 Å². The van der Waals surface area contributed by atoms with E-state index in [-0.39, 0.29) is 41.5 Å². The lowest BCUT2D eigenvalue weighted by atomic mass is 9.75. The fraction of sp³-hybridized carbons (Fsp3) is 0.591. The summed E-state index contributed by atoms with van der Waals surface area (Å²) in [6.45, 7) is 6.44. The van der Waals surface area contributed by atoms with Crippen molar-refractivity contribution in [2.45, 2.75) is 46.1 Å². The molecule has 1 unspecified atom stereocenters. The maximum atomic E-state index is 15.5. The van der Waals surface area contributed by atoms with Crippen LogP contribution in [-0.4, -0.2) is 55.3 Å². The van der Waals surface area contributed by atoms with Crippen molar-refractivity contribution in [3.63, 3.8) is 0 Å². The summed E-state index contributed by atoms with van der Waals surface area (Å²) in [5, 5.41) is 10.0. The predicted molar refractivity (Wildman–Crippen MR) is 111 cm³/mol. The Labute approximate surface area is 174 Å². The first-order valence-corrected chi connectivity index (χ1v) is 10.4. The molecule has 30 heavy (non-hydrogen) atoms. The molecule has 8 heteroatoms. The number of ketones is 1. The van der Waals surface area contributed by atoms with Crippen LogP contribution in [0, 0.1) is 22.5 Å². The molecule has 1 aliphatic carbocycles. The van der Waals surface area contributed by atoms with Gasteiger partial charge in [-0.25, -0.2) is 8.78 Å². The highest BCUT2D eigenvalue weighted by atomic mass is 19.1. The van der Waals surface area contributed by atoms with E-state index in [2.05, 4.69) is 4.99 Å². The molecule has 0 radical (unpaired) electrons. The van der Waals surface area contributed by atoms with Crippen LogP contribution in [0.5, 0.6) is 0 Å². The van der Waals surface area contributed by atoms with Gasteiger partial charge in [-0.05, 0) is 30.7 Å². The number of carbonyl (C=O) groups is 2. The largest absolute Gasteiger partial charge is 0.480 e. The Balaban J connectivity index is 1.83. The second-order valence-electron chi connectivity index (χ2n) is 9.67. The van der Waals surface area contributed by atoms with Crippen LogP contribution in [0.25, 0.3) is 0 Å². The number of carboxylic acid groups (broad SMARTS) is 1. The summed E-state index contributed by atoms with van der Waals surface area (Å²) in [4.78, 5) is 33.2. The molecule has 1 aromatic rings. The van der Waals surface area contributed by atoms with Gasteiger partial charge in [0.05, 0.1) is 12.2 Å². The zero-order valence-electron chi connectivity index (χ0n) is 17.5. The summed E-state index contributed by atoms with van der Waals surface area (Å²) in [7, 11) is 0. The maximum absolute atomic E-state index is 15.5. The molecule has 3 aliphatic rings. The molecule has 1 atom stereocenters. The minimum atomic E-state index is -1.87. The lowest BCUT2D eigenvalue weighted by Crippen LogP contribution is -2.55. The zero-order valence-corrected chi connectivity index (χ0v) is 17.5. The van der Waals surface area contributed by atoms with Gasteiger partial charge in [-0.1, -0.05) is 20.8 Å². The van der Waals surface area contributed by atoms with Crippen molar-refractivity contribution in [1.82, 2.24) is 0 Å². The van der Waals surface area contributed by atoms with E-state index in [1.165, 1.54) is 0 Å². The first-order valence-electron chi connectivity index (χ1n) is 10.4. The fourth-order valence-electron chi connectivity index (χ4n) is 4.11. The van der Waals surface area contributed by atoms with Crippen LogP contribution < -0.4 is 9.80 Å². The van der Waals surface area contributed by atoms with Crippen molar-refractivity contribution in [1.29, 1.82) is 0 Å². The van der Waals surface area contributed by atoms with Gasteiger partial charge in [0.15, 0.2) is 17.0 Å². The molecule has 2 aliphatic heterocycles. The number of carboxylic acids is 1. The molecule has 2 heterocycles. The predicted octanol–water partition coefficient (Wildman–Crippen LogP) is 3.53. The van der Waals surface area contributed by atoms with E-state index in [0.717, 1.165) is 25.3 Å². The number of hydrogen-bond acceptors (Lipinski definition) is 5. The van der Waals surface area contributed by atoms with Crippen molar-refractivity contribution in [3.05, 3.63) is 23.3 Å². The zero-order chi connectivity index (χ0) is 21.8. The Kier molecular flexibility index (Phi) is 4.86. The van der Waals surface area contributed by atoms with E-state index in [1.54, 1.807) is 16.0 Å². The highest BCUT2D eigenvalue weighted by molar-refractivity contribution is 6.17. The highest BCUT2D eigenvalue weighted by Gasteiger charge is 2.55. The van der Waals surface area contributed by atoms with E-state index in [4.69, 9.17) is 0 Å². The first-order chi connectivity index (χ1) is 14.0. The molecule has 1 saturated carbocycles. The fourth-order valence-corrected chi connectivity index (χ4v) is 4.11. The van der Waals surface area contributed by atoms with E-state index >= 15 is 4.39 Å². The lowest BCUT2D eigenvalue weighted by Gasteiger charge is -2.42. The number of fused-ring (bicyclic) bond motifs is 1. The van der Waals surface area contributed by atoms with Crippen molar-refractivity contribution >= 4 is 29.3 Å². The quantitative estimate of drug-likeness (QED) is 0.584. The number of nitrogens with zero attached hydrogens (tertiary/aromatic N) is 3. The van der Waals surface area contributed by atoms with Crippen molar-refractivity contribution in [3.8, 4) is 0 Å². The number of halogens is 2. The van der Waals surface area contributed by atoms with Crippen molar-refractivity contribution < 1.29 is 23.5 Å². The van der Waals surface area contributed by atoms with Gasteiger partial charge in [-0.2, -0.15) is 0 Å². The number of rotatable bonds is 5. The monoisotopic (exact) mass is 419 g/mol. The van der Waals surface area contributed by atoms with Crippen molar-refractivity contribution in [2.75, 3.05) is 36.0 Å². The molecule has 4 rings (SSSR count). The summed E-state index contributed by atoms with van der Waals surface area (Å²) in [6.07, 6.45) is 4.04. The van der Waals surface area contributed by atoms with E-state index in [9.17, 15) is 19.1 Å². The van der Waals surface area contributed by atoms with Gasteiger partial charge in [-0.15, -0.1) is 0 Å². The molecule has 0 amide bonds. The van der Waals surface area contributed by atoms with E-state index in [0.29, 0.717) is 13.1 Å². The molecule has 1 N–H and O–H groups in total. The van der Waals surface area contributed by atoms with Gasteiger partial charge >= 0.3 is 5.97 Å². The number of Topliss-reactive ketones (excluding diaryl/α,β-unsaturated/α-hetero) is 1. The van der Waals surface area contributed by atoms with Gasteiger partial charge < -0.3 is 14.9 Å². The van der Waals surface area contributed by atoms with Gasteiger partial charge in [0.2, 0.25) is 0 Å². The average Bonchev–Trinajstić information content (AvgIpc) is 3.43. The number of hydrogen-bond donors (Lipinski definition) is 1. The number of aliphatic carboxylic acids is 1. The average molecular weight is 419 g/mol. The molecule has 6 nitrogen and oxygen atoms in total. The summed E-state index contributed by atoms with van der Waals surface area (Å²) < 4.78 is 30.4. The van der Waals surface area contributed by atoms with E-state index in [1.807, 2.05) is 20.8 Å². The van der Waals surface area contributed by atoms with Crippen LogP contribution in [0.4, 0.5) is 20.2 Å². The Morgan fingerprint density at radius 1 is 1.30 bits per heavy atom. The first kappa shape index (κ1) is 20.8. The summed E-state index contributed by atoms with van der Waals surface area (Å²) >= 11 is 0. The minimum absolute atomic E-state index is 0.0440. The third-order valence-electron chi connectivity index (χ3n) is 5.98. The summed E-state index contributed by atoms with van der Waals surface area (Å²) in [6, 6.07) is 0.972. The van der Waals surface area contributed by atoms with Gasteiger partial charge in [0.25, 0.3) is 0 Å². The Hall–Kier alpha value is -2.51. The number of anilines is 2. The highest BCUT2D eigenvalue weighted by Crippen LogP contribution is 2.47. The third kappa shape index (κ3) is 3.36. The molecule has 1 aromatic carbocycles.